The van der Waals surface area contributed by atoms with E-state index in [0.29, 0.717) is 17.1 Å². The average Bonchev–Trinajstić information content (AvgIpc) is 2.72. The van der Waals surface area contributed by atoms with E-state index < -0.39 is 0 Å². The number of benzene rings is 1. The second kappa shape index (κ2) is 11.4. The Morgan fingerprint density at radius 1 is 0.853 bits per heavy atom. The molecule has 0 fully saturated rings. The molecule has 0 saturated carbocycles. The zero-order valence-corrected chi connectivity index (χ0v) is 24.7. The molecule has 196 valence electrons. The Morgan fingerprint density at radius 3 is 2.00 bits per heavy atom. The molecule has 0 radical (unpaired) electrons. The second-order valence-electron chi connectivity index (χ2n) is 14.5. The highest BCUT2D eigenvalue weighted by Crippen LogP contribution is 2.46. The van der Waals surface area contributed by atoms with Crippen LogP contribution in [0.1, 0.15) is 157 Å². The van der Waals surface area contributed by atoms with Crippen LogP contribution in [-0.2, 0) is 17.3 Å². The van der Waals surface area contributed by atoms with Crippen molar-refractivity contribution in [3.63, 3.8) is 0 Å². The maximum atomic E-state index is 11.7. The number of hydrogen-bond acceptors (Lipinski definition) is 1. The van der Waals surface area contributed by atoms with Crippen molar-refractivity contribution < 1.29 is 5.11 Å². The first-order valence-electron chi connectivity index (χ1n) is 14.5. The Bertz CT molecular complexity index is 782. The minimum Gasteiger partial charge on any atom is -0.507 e. The van der Waals surface area contributed by atoms with Gasteiger partial charge in [0, 0.05) is 5.56 Å². The van der Waals surface area contributed by atoms with Gasteiger partial charge in [0.2, 0.25) is 0 Å². The fourth-order valence-corrected chi connectivity index (χ4v) is 6.63. The summed E-state index contributed by atoms with van der Waals surface area (Å²) in [5.41, 5.74) is 4.50. The number of phenols is 1. The van der Waals surface area contributed by atoms with E-state index in [1.165, 1.54) is 68.1 Å². The molecule has 0 aliphatic heterocycles. The normalized spacial score (nSPS) is 30.0. The van der Waals surface area contributed by atoms with Gasteiger partial charge < -0.3 is 5.11 Å². The third-order valence-corrected chi connectivity index (χ3v) is 9.28. The van der Waals surface area contributed by atoms with Gasteiger partial charge in [0.15, 0.2) is 0 Å². The van der Waals surface area contributed by atoms with Crippen LogP contribution >= 0.6 is 0 Å². The van der Waals surface area contributed by atoms with Crippen LogP contribution in [0.25, 0.3) is 0 Å². The second-order valence-corrected chi connectivity index (χ2v) is 14.5. The maximum Gasteiger partial charge on any atom is 0.122 e. The van der Waals surface area contributed by atoms with Crippen molar-refractivity contribution in [3.8, 4) is 5.75 Å². The lowest BCUT2D eigenvalue weighted by molar-refractivity contribution is 0.176. The molecule has 3 atom stereocenters. The van der Waals surface area contributed by atoms with E-state index in [-0.39, 0.29) is 16.2 Å². The van der Waals surface area contributed by atoms with Crippen LogP contribution in [0.15, 0.2) is 12.1 Å². The molecule has 1 aliphatic rings. The molecule has 1 aliphatic carbocycles. The molecular formula is C33H58O. The zero-order chi connectivity index (χ0) is 25.8. The summed E-state index contributed by atoms with van der Waals surface area (Å²) in [5, 5.41) is 11.7. The molecular weight excluding hydrogens is 412 g/mol. The van der Waals surface area contributed by atoms with Gasteiger partial charge in [-0.15, -0.1) is 0 Å². The van der Waals surface area contributed by atoms with Crippen LogP contribution in [0, 0.1) is 16.7 Å². The molecule has 1 heteroatoms. The third kappa shape index (κ3) is 7.76. The van der Waals surface area contributed by atoms with E-state index in [4.69, 9.17) is 0 Å². The SMILES string of the molecule is CCC1(C)Cc2cc(C(C)(C)C)cc(c2O)C(C)(CC)CCCCCCCC(C)(C)CC(C)C1. The lowest BCUT2D eigenvalue weighted by atomic mass is 9.68. The molecule has 2 rings (SSSR count). The highest BCUT2D eigenvalue weighted by Gasteiger charge is 2.34. The van der Waals surface area contributed by atoms with E-state index in [9.17, 15) is 5.11 Å². The number of hydrogen-bond donors (Lipinski definition) is 1. The molecule has 1 aromatic rings. The summed E-state index contributed by atoms with van der Waals surface area (Å²) in [5.74, 6) is 1.29. The molecule has 0 saturated heterocycles. The Kier molecular flexibility index (Phi) is 9.80. The predicted octanol–water partition coefficient (Wildman–Crippen LogP) is 10.5. The van der Waals surface area contributed by atoms with E-state index in [2.05, 4.69) is 81.4 Å². The molecule has 0 heterocycles. The average molecular weight is 471 g/mol. The zero-order valence-electron chi connectivity index (χ0n) is 24.7. The standard InChI is InChI=1S/C33H58O/c1-11-32(9)23-25(3)22-31(7,8)18-16-14-13-15-17-19-33(10,12-2)28-21-27(30(4,5)6)20-26(24-32)29(28)34/h20-21,25,34H,11-19,22-24H2,1-10H3. The van der Waals surface area contributed by atoms with Crippen molar-refractivity contribution in [2.75, 3.05) is 0 Å². The van der Waals surface area contributed by atoms with Crippen molar-refractivity contribution in [1.29, 1.82) is 0 Å². The number of aromatic hydroxyl groups is 1. The quantitative estimate of drug-likeness (QED) is 0.455. The molecule has 0 spiro atoms. The predicted molar refractivity (Wildman–Crippen MR) is 151 cm³/mol. The van der Waals surface area contributed by atoms with Gasteiger partial charge in [0.05, 0.1) is 0 Å². The fraction of sp³-hybridized carbons (Fsp3) is 0.818. The van der Waals surface area contributed by atoms with Gasteiger partial charge in [-0.1, -0.05) is 120 Å². The maximum absolute atomic E-state index is 11.7. The summed E-state index contributed by atoms with van der Waals surface area (Å²) in [4.78, 5) is 0. The van der Waals surface area contributed by atoms with Crippen molar-refractivity contribution in [2.45, 2.75) is 157 Å². The Balaban J connectivity index is 2.57. The van der Waals surface area contributed by atoms with Crippen LogP contribution in [0.5, 0.6) is 5.75 Å². The lowest BCUT2D eigenvalue weighted by Gasteiger charge is -2.37. The van der Waals surface area contributed by atoms with Gasteiger partial charge in [-0.3, -0.25) is 0 Å². The topological polar surface area (TPSA) is 20.2 Å². The summed E-state index contributed by atoms with van der Waals surface area (Å²) in [6, 6.07) is 4.69. The van der Waals surface area contributed by atoms with Gasteiger partial charge in [-0.05, 0) is 77.2 Å². The van der Waals surface area contributed by atoms with Gasteiger partial charge >= 0.3 is 0 Å². The Hall–Kier alpha value is -0.980. The molecule has 34 heavy (non-hydrogen) atoms. The number of phenolic OH excluding ortho intramolecular Hbond substituents is 1. The van der Waals surface area contributed by atoms with Gasteiger partial charge in [0.25, 0.3) is 0 Å². The third-order valence-electron chi connectivity index (χ3n) is 9.28. The van der Waals surface area contributed by atoms with Crippen molar-refractivity contribution in [3.05, 3.63) is 28.8 Å². The summed E-state index contributed by atoms with van der Waals surface area (Å²) in [7, 11) is 0. The van der Waals surface area contributed by atoms with E-state index in [0.717, 1.165) is 25.7 Å². The highest BCUT2D eigenvalue weighted by atomic mass is 16.3. The summed E-state index contributed by atoms with van der Waals surface area (Å²) in [6.45, 7) is 23.9. The minimum atomic E-state index is 0.0337. The molecule has 2 bridgehead atoms. The minimum absolute atomic E-state index is 0.0337. The molecule has 1 aromatic carbocycles. The molecule has 0 amide bonds. The van der Waals surface area contributed by atoms with Crippen molar-refractivity contribution >= 4 is 0 Å². The van der Waals surface area contributed by atoms with Crippen LogP contribution in [0.3, 0.4) is 0 Å². The first kappa shape index (κ1) is 29.3. The van der Waals surface area contributed by atoms with Crippen LogP contribution < -0.4 is 0 Å². The molecule has 1 nitrogen and oxygen atoms in total. The Morgan fingerprint density at radius 2 is 1.44 bits per heavy atom. The van der Waals surface area contributed by atoms with Crippen LogP contribution in [-0.4, -0.2) is 5.11 Å². The van der Waals surface area contributed by atoms with E-state index >= 15 is 0 Å². The van der Waals surface area contributed by atoms with Gasteiger partial charge in [-0.25, -0.2) is 0 Å². The van der Waals surface area contributed by atoms with E-state index in [1.807, 2.05) is 0 Å². The Labute approximate surface area is 213 Å². The molecule has 0 aromatic heterocycles. The fourth-order valence-electron chi connectivity index (χ4n) is 6.63. The lowest BCUT2D eigenvalue weighted by Crippen LogP contribution is -2.27. The van der Waals surface area contributed by atoms with Crippen LogP contribution in [0.2, 0.25) is 0 Å². The number of fused-ring (bicyclic) bond motifs is 2. The molecule has 3 unspecified atom stereocenters. The van der Waals surface area contributed by atoms with Crippen molar-refractivity contribution in [2.24, 2.45) is 16.7 Å². The largest absolute Gasteiger partial charge is 0.507 e. The first-order chi connectivity index (χ1) is 15.6. The number of rotatable bonds is 2. The summed E-state index contributed by atoms with van der Waals surface area (Å²) < 4.78 is 0. The van der Waals surface area contributed by atoms with Gasteiger partial charge in [0.1, 0.15) is 5.75 Å². The smallest absolute Gasteiger partial charge is 0.122 e. The van der Waals surface area contributed by atoms with Crippen LogP contribution in [0.4, 0.5) is 0 Å². The summed E-state index contributed by atoms with van der Waals surface area (Å²) >= 11 is 0. The highest BCUT2D eigenvalue weighted by molar-refractivity contribution is 5.49. The van der Waals surface area contributed by atoms with E-state index in [1.54, 1.807) is 0 Å². The first-order valence-corrected chi connectivity index (χ1v) is 14.5. The molecule has 1 N–H and O–H groups in total. The van der Waals surface area contributed by atoms with Gasteiger partial charge in [-0.2, -0.15) is 0 Å². The monoisotopic (exact) mass is 470 g/mol. The summed E-state index contributed by atoms with van der Waals surface area (Å²) in [6.07, 6.45) is 14.9. The van der Waals surface area contributed by atoms with Crippen molar-refractivity contribution in [1.82, 2.24) is 0 Å².